The molecule has 0 aliphatic heterocycles. The van der Waals surface area contributed by atoms with Crippen LogP contribution in [0.2, 0.25) is 0 Å². The zero-order valence-corrected chi connectivity index (χ0v) is 9.61. The molecule has 0 amide bonds. The van der Waals surface area contributed by atoms with Crippen LogP contribution in [0.5, 0.6) is 0 Å². The molecule has 0 heterocycles. The molecule has 0 fully saturated rings. The molecule has 0 spiro atoms. The first-order chi connectivity index (χ1) is 7.84. The van der Waals surface area contributed by atoms with Gasteiger partial charge in [0.2, 0.25) is 0 Å². The summed E-state index contributed by atoms with van der Waals surface area (Å²) in [7, 11) is 0. The zero-order chi connectivity index (χ0) is 11.2. The average molecular weight is 211 g/mol. The highest BCUT2D eigenvalue weighted by Crippen LogP contribution is 2.07. The number of benzene rings is 2. The van der Waals surface area contributed by atoms with Gasteiger partial charge in [0.05, 0.1) is 0 Å². The van der Waals surface area contributed by atoms with Gasteiger partial charge in [-0.25, -0.2) is 0 Å². The highest BCUT2D eigenvalue weighted by molar-refractivity contribution is 5.42. The Labute approximate surface area is 97.1 Å². The van der Waals surface area contributed by atoms with Gasteiger partial charge in [0.1, 0.15) is 0 Å². The van der Waals surface area contributed by atoms with Crippen molar-refractivity contribution < 1.29 is 0 Å². The molecule has 0 radical (unpaired) electrons. The third kappa shape index (κ3) is 3.13. The minimum Gasteiger partial charge on any atom is -0.385 e. The molecule has 0 bridgehead atoms. The van der Waals surface area contributed by atoms with Gasteiger partial charge in [-0.1, -0.05) is 48.0 Å². The third-order valence-electron chi connectivity index (χ3n) is 2.60. The number of anilines is 1. The lowest BCUT2D eigenvalue weighted by molar-refractivity contribution is 1.02. The van der Waals surface area contributed by atoms with Crippen molar-refractivity contribution in [1.82, 2.24) is 0 Å². The number of para-hydroxylation sites is 1. The highest BCUT2D eigenvalue weighted by Gasteiger charge is 1.93. The molecule has 1 nitrogen and oxygen atoms in total. The molecule has 16 heavy (non-hydrogen) atoms. The largest absolute Gasteiger partial charge is 0.385 e. The molecule has 2 rings (SSSR count). The number of nitrogens with one attached hydrogen (secondary N) is 1. The van der Waals surface area contributed by atoms with Crippen LogP contribution in [-0.4, -0.2) is 6.54 Å². The lowest BCUT2D eigenvalue weighted by Crippen LogP contribution is -2.04. The summed E-state index contributed by atoms with van der Waals surface area (Å²) in [4.78, 5) is 0. The molecule has 1 N–H and O–H groups in total. The summed E-state index contributed by atoms with van der Waals surface area (Å²) in [5.41, 5.74) is 3.91. The van der Waals surface area contributed by atoms with E-state index in [0.717, 1.165) is 13.0 Å². The lowest BCUT2D eigenvalue weighted by atomic mass is 10.1. The molecule has 0 atom stereocenters. The minimum absolute atomic E-state index is 0.980. The van der Waals surface area contributed by atoms with Gasteiger partial charge >= 0.3 is 0 Å². The second kappa shape index (κ2) is 5.36. The van der Waals surface area contributed by atoms with Crippen LogP contribution in [0.15, 0.2) is 54.6 Å². The van der Waals surface area contributed by atoms with Gasteiger partial charge in [-0.2, -0.15) is 0 Å². The monoisotopic (exact) mass is 211 g/mol. The van der Waals surface area contributed by atoms with Crippen LogP contribution in [0.25, 0.3) is 0 Å². The number of hydrogen-bond acceptors (Lipinski definition) is 1. The molecule has 82 valence electrons. The van der Waals surface area contributed by atoms with Gasteiger partial charge in [-0.3, -0.25) is 0 Å². The van der Waals surface area contributed by atoms with Crippen molar-refractivity contribution in [3.63, 3.8) is 0 Å². The van der Waals surface area contributed by atoms with Crippen LogP contribution < -0.4 is 5.32 Å². The summed E-state index contributed by atoms with van der Waals surface area (Å²) in [5, 5.41) is 3.41. The van der Waals surface area contributed by atoms with Gasteiger partial charge in [-0.15, -0.1) is 0 Å². The van der Waals surface area contributed by atoms with Crippen molar-refractivity contribution >= 4 is 5.69 Å². The Kier molecular flexibility index (Phi) is 3.60. The fourth-order valence-corrected chi connectivity index (χ4v) is 1.77. The Morgan fingerprint density at radius 1 is 0.938 bits per heavy atom. The molecule has 2 aromatic rings. The Morgan fingerprint density at radius 2 is 1.75 bits per heavy atom. The molecule has 0 aromatic heterocycles. The van der Waals surface area contributed by atoms with Crippen LogP contribution in [-0.2, 0) is 6.42 Å². The van der Waals surface area contributed by atoms with Gasteiger partial charge in [0, 0.05) is 12.2 Å². The van der Waals surface area contributed by atoms with E-state index in [-0.39, 0.29) is 0 Å². The molecule has 2 aromatic carbocycles. The van der Waals surface area contributed by atoms with Crippen molar-refractivity contribution in [2.24, 2.45) is 0 Å². The maximum Gasteiger partial charge on any atom is 0.0340 e. The summed E-state index contributed by atoms with van der Waals surface area (Å²) in [6, 6.07) is 19.0. The van der Waals surface area contributed by atoms with Gasteiger partial charge in [-0.05, 0) is 31.0 Å². The summed E-state index contributed by atoms with van der Waals surface area (Å²) in [6.07, 6.45) is 1.07. The van der Waals surface area contributed by atoms with E-state index in [1.54, 1.807) is 0 Å². The summed E-state index contributed by atoms with van der Waals surface area (Å²) >= 11 is 0. The van der Waals surface area contributed by atoms with Crippen molar-refractivity contribution in [3.05, 3.63) is 65.7 Å². The third-order valence-corrected chi connectivity index (χ3v) is 2.60. The average Bonchev–Trinajstić information content (AvgIpc) is 2.30. The molecule has 0 saturated heterocycles. The van der Waals surface area contributed by atoms with E-state index >= 15 is 0 Å². The first-order valence-corrected chi connectivity index (χ1v) is 5.69. The van der Waals surface area contributed by atoms with Crippen molar-refractivity contribution in [1.29, 1.82) is 0 Å². The van der Waals surface area contributed by atoms with Crippen LogP contribution in [0.4, 0.5) is 5.69 Å². The second-order valence-electron chi connectivity index (χ2n) is 4.03. The molecule has 0 saturated carbocycles. The second-order valence-corrected chi connectivity index (χ2v) is 4.03. The molecule has 0 unspecified atom stereocenters. The first kappa shape index (κ1) is 10.7. The van der Waals surface area contributed by atoms with E-state index in [1.807, 2.05) is 6.07 Å². The predicted octanol–water partition coefficient (Wildman–Crippen LogP) is 3.65. The van der Waals surface area contributed by atoms with E-state index in [0.29, 0.717) is 0 Å². The smallest absolute Gasteiger partial charge is 0.0340 e. The van der Waals surface area contributed by atoms with Crippen LogP contribution in [0.3, 0.4) is 0 Å². The van der Waals surface area contributed by atoms with Crippen LogP contribution >= 0.6 is 0 Å². The fraction of sp³-hybridized carbons (Fsp3) is 0.200. The fourth-order valence-electron chi connectivity index (χ4n) is 1.77. The maximum absolute atomic E-state index is 3.41. The topological polar surface area (TPSA) is 12.0 Å². The Bertz CT molecular complexity index is 434. The molecule has 1 heteroatoms. The highest BCUT2D eigenvalue weighted by atomic mass is 14.9. The number of rotatable bonds is 4. The van der Waals surface area contributed by atoms with Crippen molar-refractivity contribution in [2.75, 3.05) is 11.9 Å². The van der Waals surface area contributed by atoms with E-state index in [2.05, 4.69) is 60.8 Å². The molecular formula is C15H17N. The van der Waals surface area contributed by atoms with Crippen LogP contribution in [0, 0.1) is 6.92 Å². The van der Waals surface area contributed by atoms with Crippen molar-refractivity contribution in [2.45, 2.75) is 13.3 Å². The maximum atomic E-state index is 3.41. The van der Waals surface area contributed by atoms with Gasteiger partial charge in [0.25, 0.3) is 0 Å². The molecule has 0 aliphatic rings. The quantitative estimate of drug-likeness (QED) is 0.814. The Balaban J connectivity index is 1.85. The first-order valence-electron chi connectivity index (χ1n) is 5.69. The number of aryl methyl sites for hydroxylation is 1. The summed E-state index contributed by atoms with van der Waals surface area (Å²) in [5.74, 6) is 0. The predicted molar refractivity (Wildman–Crippen MR) is 69.8 cm³/mol. The standard InChI is InChI=1S/C15H17N/c1-13-6-5-7-14(12-13)10-11-16-15-8-3-2-4-9-15/h2-9,12,16H,10-11H2,1H3. The normalized spacial score (nSPS) is 10.1. The summed E-state index contributed by atoms with van der Waals surface area (Å²) in [6.45, 7) is 3.11. The van der Waals surface area contributed by atoms with Crippen LogP contribution in [0.1, 0.15) is 11.1 Å². The van der Waals surface area contributed by atoms with E-state index in [4.69, 9.17) is 0 Å². The van der Waals surface area contributed by atoms with E-state index in [9.17, 15) is 0 Å². The van der Waals surface area contributed by atoms with E-state index < -0.39 is 0 Å². The Morgan fingerprint density at radius 3 is 2.50 bits per heavy atom. The minimum atomic E-state index is 0.980. The van der Waals surface area contributed by atoms with Gasteiger partial charge in [0.15, 0.2) is 0 Å². The lowest BCUT2D eigenvalue weighted by Gasteiger charge is -2.06. The van der Waals surface area contributed by atoms with Crippen molar-refractivity contribution in [3.8, 4) is 0 Å². The zero-order valence-electron chi connectivity index (χ0n) is 9.61. The summed E-state index contributed by atoms with van der Waals surface area (Å²) < 4.78 is 0. The van der Waals surface area contributed by atoms with Gasteiger partial charge < -0.3 is 5.32 Å². The molecular weight excluding hydrogens is 194 g/mol. The van der Waals surface area contributed by atoms with E-state index in [1.165, 1.54) is 16.8 Å². The Hall–Kier alpha value is -1.76. The number of hydrogen-bond donors (Lipinski definition) is 1. The molecule has 0 aliphatic carbocycles. The SMILES string of the molecule is Cc1cccc(CCNc2ccccc2)c1.